The molecule has 6 heteroatoms. The molecule has 1 aromatic rings. The zero-order valence-corrected chi connectivity index (χ0v) is 9.44. The topological polar surface area (TPSA) is 9.23 Å². The van der Waals surface area contributed by atoms with E-state index >= 15 is 0 Å². The Morgan fingerprint density at radius 3 is 2.31 bits per heavy atom. The quantitative estimate of drug-likeness (QED) is 0.468. The molecule has 1 nitrogen and oxygen atoms in total. The van der Waals surface area contributed by atoms with Gasteiger partial charge in [0.1, 0.15) is 0 Å². The average molecular weight is 265 g/mol. The Morgan fingerprint density at radius 2 is 1.92 bits per heavy atom. The van der Waals surface area contributed by atoms with E-state index in [1.165, 1.54) is 18.2 Å². The van der Waals surface area contributed by atoms with E-state index in [2.05, 4.69) is 10.8 Å². The molecule has 0 fully saturated rings. The summed E-state index contributed by atoms with van der Waals surface area (Å²) in [5.41, 5.74) is 0. The number of benzene rings is 1. The molecule has 0 unspecified atom stereocenters. The number of rotatable bonds is 1. The van der Waals surface area contributed by atoms with Gasteiger partial charge in [0, 0.05) is 5.75 Å². The van der Waals surface area contributed by atoms with Gasteiger partial charge in [0.05, 0.1) is 0 Å². The van der Waals surface area contributed by atoms with E-state index in [4.69, 9.17) is 0 Å². The van der Waals surface area contributed by atoms with E-state index in [0.717, 1.165) is 6.07 Å². The van der Waals surface area contributed by atoms with Crippen LogP contribution in [0.4, 0.5) is 13.2 Å². The van der Waals surface area contributed by atoms with Crippen molar-refractivity contribution in [2.75, 3.05) is 0 Å². The Hall–Kier alpha value is 0.0562. The molecule has 0 saturated carbocycles. The van der Waals surface area contributed by atoms with Crippen molar-refractivity contribution in [2.24, 2.45) is 0 Å². The maximum Gasteiger partial charge on any atom is 2.00 e. The second kappa shape index (κ2) is 6.50. The van der Waals surface area contributed by atoms with Crippen molar-refractivity contribution in [2.45, 2.75) is 6.36 Å². The monoisotopic (exact) mass is 264 g/mol. The van der Waals surface area contributed by atoms with Gasteiger partial charge in [-0.25, -0.2) is 0 Å². The van der Waals surface area contributed by atoms with Gasteiger partial charge in [0.2, 0.25) is 0 Å². The zero-order chi connectivity index (χ0) is 8.32. The maximum absolute atomic E-state index is 11.5. The van der Waals surface area contributed by atoms with E-state index in [9.17, 15) is 13.2 Å². The summed E-state index contributed by atoms with van der Waals surface area (Å²) in [6, 6.07) is 7.70. The molecule has 0 aromatic heterocycles. The van der Waals surface area contributed by atoms with E-state index in [0.29, 0.717) is 0 Å². The molecule has 0 aliphatic rings. The van der Waals surface area contributed by atoms with Crippen molar-refractivity contribution in [3.63, 3.8) is 0 Å². The average Bonchev–Trinajstić information content (AvgIpc) is 1.85. The summed E-state index contributed by atoms with van der Waals surface area (Å²) in [4.78, 5) is 0. The number of hydrogen-bond donors (Lipinski definition) is 0. The van der Waals surface area contributed by atoms with Crippen LogP contribution < -0.4 is 21.7 Å². The van der Waals surface area contributed by atoms with Gasteiger partial charge in [-0.1, -0.05) is 0 Å². The van der Waals surface area contributed by atoms with Crippen molar-refractivity contribution in [3.05, 3.63) is 30.3 Å². The van der Waals surface area contributed by atoms with Crippen LogP contribution in [0.25, 0.3) is 0 Å². The SMILES string of the molecule is FC(F)(F)Oc1c[c-]ccc1.[Br-].[Mg+2]. The van der Waals surface area contributed by atoms with Gasteiger partial charge in [0.25, 0.3) is 0 Å². The van der Waals surface area contributed by atoms with Crippen molar-refractivity contribution in [3.8, 4) is 5.75 Å². The molecule has 0 amide bonds. The Balaban J connectivity index is 0. The summed E-state index contributed by atoms with van der Waals surface area (Å²) in [7, 11) is 0. The molecule has 0 aliphatic heterocycles. The number of ether oxygens (including phenoxy) is 1. The largest absolute Gasteiger partial charge is 2.00 e. The minimum absolute atomic E-state index is 0. The number of halogens is 4. The maximum atomic E-state index is 11.5. The Bertz CT molecular complexity index is 227. The molecule has 0 N–H and O–H groups in total. The van der Waals surface area contributed by atoms with E-state index in [-0.39, 0.29) is 45.8 Å². The van der Waals surface area contributed by atoms with Crippen LogP contribution in [-0.2, 0) is 0 Å². The summed E-state index contributed by atoms with van der Waals surface area (Å²) in [6.45, 7) is 0. The van der Waals surface area contributed by atoms with Crippen LogP contribution in [0.2, 0.25) is 0 Å². The fraction of sp³-hybridized carbons (Fsp3) is 0.143. The Morgan fingerprint density at radius 1 is 1.31 bits per heavy atom. The fourth-order valence-electron chi connectivity index (χ4n) is 0.574. The molecule has 0 saturated heterocycles. The predicted molar refractivity (Wildman–Crippen MR) is 37.7 cm³/mol. The molecular formula is C7H4BrF3MgO. The standard InChI is InChI=1S/C7H4F3O.BrH.Mg/c8-7(9,10)11-6-4-2-1-3-5-6;;/h1-2,4-5H;1H;/q-1;;+2/p-1. The summed E-state index contributed by atoms with van der Waals surface area (Å²) in [6.07, 6.45) is -4.62. The van der Waals surface area contributed by atoms with Crippen LogP contribution >= 0.6 is 0 Å². The van der Waals surface area contributed by atoms with Crippen LogP contribution in [0, 0.1) is 6.07 Å². The molecule has 1 aromatic carbocycles. The van der Waals surface area contributed by atoms with Crippen molar-refractivity contribution in [1.29, 1.82) is 0 Å². The summed E-state index contributed by atoms with van der Waals surface area (Å²) < 4.78 is 38.1. The first-order chi connectivity index (χ1) is 5.08. The van der Waals surface area contributed by atoms with Gasteiger partial charge in [-0.3, -0.25) is 0 Å². The first-order valence-corrected chi connectivity index (χ1v) is 2.80. The molecule has 68 valence electrons. The summed E-state index contributed by atoms with van der Waals surface area (Å²) in [5.74, 6) is -0.250. The molecule has 0 radical (unpaired) electrons. The third-order valence-corrected chi connectivity index (χ3v) is 0.912. The van der Waals surface area contributed by atoms with Crippen LogP contribution in [-0.4, -0.2) is 29.4 Å². The van der Waals surface area contributed by atoms with Crippen LogP contribution in [0.15, 0.2) is 24.3 Å². The number of alkyl halides is 3. The second-order valence-corrected chi connectivity index (χ2v) is 1.79. The van der Waals surface area contributed by atoms with Gasteiger partial charge in [-0.15, -0.1) is 25.3 Å². The fourth-order valence-corrected chi connectivity index (χ4v) is 0.574. The van der Waals surface area contributed by atoms with E-state index < -0.39 is 6.36 Å². The minimum Gasteiger partial charge on any atom is -1.00 e. The van der Waals surface area contributed by atoms with Gasteiger partial charge in [0.15, 0.2) is 0 Å². The van der Waals surface area contributed by atoms with Crippen molar-refractivity contribution in [1.82, 2.24) is 0 Å². The zero-order valence-electron chi connectivity index (χ0n) is 6.44. The van der Waals surface area contributed by atoms with Crippen LogP contribution in [0.3, 0.4) is 0 Å². The number of hydrogen-bond acceptors (Lipinski definition) is 1. The van der Waals surface area contributed by atoms with Crippen LogP contribution in [0.1, 0.15) is 0 Å². The molecule has 0 spiro atoms. The summed E-state index contributed by atoms with van der Waals surface area (Å²) >= 11 is 0. The Kier molecular flexibility index (Phi) is 7.76. The first kappa shape index (κ1) is 15.5. The van der Waals surface area contributed by atoms with Crippen molar-refractivity contribution >= 4 is 23.1 Å². The van der Waals surface area contributed by atoms with Gasteiger partial charge in [-0.05, 0) is 0 Å². The molecule has 13 heavy (non-hydrogen) atoms. The first-order valence-electron chi connectivity index (χ1n) is 2.80. The van der Waals surface area contributed by atoms with Gasteiger partial charge < -0.3 is 21.7 Å². The second-order valence-electron chi connectivity index (χ2n) is 1.79. The molecule has 0 atom stereocenters. The third-order valence-electron chi connectivity index (χ3n) is 0.912. The molecular weight excluding hydrogens is 261 g/mol. The molecule has 0 bridgehead atoms. The van der Waals surface area contributed by atoms with Crippen molar-refractivity contribution < 1.29 is 34.9 Å². The third kappa shape index (κ3) is 7.15. The van der Waals surface area contributed by atoms with Gasteiger partial charge >= 0.3 is 29.4 Å². The van der Waals surface area contributed by atoms with Crippen LogP contribution in [0.5, 0.6) is 5.75 Å². The summed E-state index contributed by atoms with van der Waals surface area (Å²) in [5, 5.41) is 0. The van der Waals surface area contributed by atoms with E-state index in [1.807, 2.05) is 0 Å². The normalized spacial score (nSPS) is 9.46. The minimum atomic E-state index is -4.62. The smallest absolute Gasteiger partial charge is 1.00 e. The predicted octanol–water partition coefficient (Wildman–Crippen LogP) is -0.991. The van der Waals surface area contributed by atoms with E-state index in [1.54, 1.807) is 0 Å². The molecule has 1 rings (SSSR count). The molecule has 0 aliphatic carbocycles. The molecule has 0 heterocycles. The Labute approximate surface area is 100 Å². The van der Waals surface area contributed by atoms with Gasteiger partial charge in [-0.2, -0.15) is 18.2 Å².